The third-order valence-corrected chi connectivity index (χ3v) is 7.28. The minimum Gasteiger partial charge on any atom is -0.349 e. The first-order valence-corrected chi connectivity index (χ1v) is 11.0. The van der Waals surface area contributed by atoms with E-state index in [0.29, 0.717) is 44.6 Å². The molecule has 0 radical (unpaired) electrons. The van der Waals surface area contributed by atoms with Gasteiger partial charge in [0.25, 0.3) is 12.3 Å². The van der Waals surface area contributed by atoms with Gasteiger partial charge < -0.3 is 5.32 Å². The van der Waals surface area contributed by atoms with E-state index in [1.165, 1.54) is 10.4 Å². The Kier molecular flexibility index (Phi) is 7.91. The van der Waals surface area contributed by atoms with Gasteiger partial charge in [0, 0.05) is 37.8 Å². The fourth-order valence-corrected chi connectivity index (χ4v) is 5.15. The standard InChI is InChI=1S/C19H29F2N3O3S/c1-4-24(5-2)28(26,27)17-12-15(7-6-14(17)3)19(25)22-16-8-10-23(11-9-16)13-18(20)21/h6-7,12,16,18H,4-5,8-11,13H2,1-3H3,(H,22,25). The molecule has 1 amide bonds. The molecule has 6 nitrogen and oxygen atoms in total. The Morgan fingerprint density at radius 3 is 2.39 bits per heavy atom. The summed E-state index contributed by atoms with van der Waals surface area (Å²) in [7, 11) is -3.66. The maximum atomic E-state index is 12.8. The predicted molar refractivity (Wildman–Crippen MR) is 104 cm³/mol. The van der Waals surface area contributed by atoms with Crippen LogP contribution in [-0.4, -0.2) is 68.7 Å². The van der Waals surface area contributed by atoms with Crippen LogP contribution >= 0.6 is 0 Å². The Morgan fingerprint density at radius 1 is 1.25 bits per heavy atom. The highest BCUT2D eigenvalue weighted by Crippen LogP contribution is 2.22. The minimum absolute atomic E-state index is 0.106. The molecule has 1 N–H and O–H groups in total. The molecule has 1 fully saturated rings. The molecule has 0 atom stereocenters. The Morgan fingerprint density at radius 2 is 1.86 bits per heavy atom. The molecule has 0 bridgehead atoms. The van der Waals surface area contributed by atoms with Crippen LogP contribution < -0.4 is 5.32 Å². The van der Waals surface area contributed by atoms with Crippen LogP contribution in [0.4, 0.5) is 8.78 Å². The van der Waals surface area contributed by atoms with Crippen LogP contribution in [0.25, 0.3) is 0 Å². The number of rotatable bonds is 8. The molecule has 1 heterocycles. The van der Waals surface area contributed by atoms with Crippen molar-refractivity contribution in [2.24, 2.45) is 0 Å². The fraction of sp³-hybridized carbons (Fsp3) is 0.632. The number of benzene rings is 1. The van der Waals surface area contributed by atoms with Gasteiger partial charge >= 0.3 is 0 Å². The van der Waals surface area contributed by atoms with E-state index < -0.39 is 16.4 Å². The second-order valence-electron chi connectivity index (χ2n) is 7.01. The van der Waals surface area contributed by atoms with Crippen LogP contribution in [0.15, 0.2) is 23.1 Å². The highest BCUT2D eigenvalue weighted by molar-refractivity contribution is 7.89. The van der Waals surface area contributed by atoms with Gasteiger partial charge in [-0.15, -0.1) is 0 Å². The summed E-state index contributed by atoms with van der Waals surface area (Å²) in [6.07, 6.45) is -1.17. The molecule has 28 heavy (non-hydrogen) atoms. The topological polar surface area (TPSA) is 69.7 Å². The lowest BCUT2D eigenvalue weighted by Crippen LogP contribution is -2.45. The zero-order valence-corrected chi connectivity index (χ0v) is 17.4. The molecule has 1 saturated heterocycles. The van der Waals surface area contributed by atoms with Crippen molar-refractivity contribution in [3.05, 3.63) is 29.3 Å². The van der Waals surface area contributed by atoms with Crippen molar-refractivity contribution in [1.29, 1.82) is 0 Å². The second kappa shape index (κ2) is 9.76. The molecule has 1 aromatic rings. The van der Waals surface area contributed by atoms with E-state index in [9.17, 15) is 22.0 Å². The first-order valence-electron chi connectivity index (χ1n) is 9.61. The van der Waals surface area contributed by atoms with Crippen LogP contribution in [0.3, 0.4) is 0 Å². The molecule has 2 rings (SSSR count). The Bertz CT molecular complexity index is 775. The fourth-order valence-electron chi connectivity index (χ4n) is 3.45. The molecule has 1 aromatic carbocycles. The molecule has 158 valence electrons. The van der Waals surface area contributed by atoms with Gasteiger partial charge in [0.2, 0.25) is 10.0 Å². The van der Waals surface area contributed by atoms with Crippen LogP contribution in [0.5, 0.6) is 0 Å². The zero-order chi connectivity index (χ0) is 20.9. The van der Waals surface area contributed by atoms with E-state index >= 15 is 0 Å². The summed E-state index contributed by atoms with van der Waals surface area (Å²) in [6, 6.07) is 4.56. The van der Waals surface area contributed by atoms with Gasteiger partial charge in [-0.05, 0) is 37.5 Å². The molecule has 0 unspecified atom stereocenters. The van der Waals surface area contributed by atoms with Crippen molar-refractivity contribution in [1.82, 2.24) is 14.5 Å². The Labute approximate surface area is 165 Å². The van der Waals surface area contributed by atoms with E-state index in [-0.39, 0.29) is 29.0 Å². The van der Waals surface area contributed by atoms with Crippen molar-refractivity contribution in [3.8, 4) is 0 Å². The van der Waals surface area contributed by atoms with E-state index in [0.717, 1.165) is 0 Å². The van der Waals surface area contributed by atoms with Gasteiger partial charge in [0.1, 0.15) is 0 Å². The number of amides is 1. The number of likely N-dealkylation sites (tertiary alicyclic amines) is 1. The van der Waals surface area contributed by atoms with Crippen LogP contribution in [0, 0.1) is 6.92 Å². The molecule has 1 aliphatic rings. The maximum absolute atomic E-state index is 12.8. The molecular formula is C19H29F2N3O3S. The van der Waals surface area contributed by atoms with Crippen LogP contribution in [0.2, 0.25) is 0 Å². The minimum atomic E-state index is -3.66. The van der Waals surface area contributed by atoms with Crippen LogP contribution in [0.1, 0.15) is 42.6 Å². The number of hydrogen-bond acceptors (Lipinski definition) is 4. The van der Waals surface area contributed by atoms with Gasteiger partial charge in [0.15, 0.2) is 0 Å². The second-order valence-corrected chi connectivity index (χ2v) is 8.92. The summed E-state index contributed by atoms with van der Waals surface area (Å²) >= 11 is 0. The summed E-state index contributed by atoms with van der Waals surface area (Å²) in [4.78, 5) is 14.4. The number of hydrogen-bond donors (Lipinski definition) is 1. The summed E-state index contributed by atoms with van der Waals surface area (Å²) in [5, 5.41) is 2.90. The van der Waals surface area contributed by atoms with Gasteiger partial charge in [-0.2, -0.15) is 4.31 Å². The van der Waals surface area contributed by atoms with E-state index in [4.69, 9.17) is 0 Å². The number of piperidine rings is 1. The van der Waals surface area contributed by atoms with Crippen molar-refractivity contribution in [3.63, 3.8) is 0 Å². The number of carbonyl (C=O) groups is 1. The lowest BCUT2D eigenvalue weighted by molar-refractivity contribution is 0.0696. The smallest absolute Gasteiger partial charge is 0.251 e. The van der Waals surface area contributed by atoms with Gasteiger partial charge in [-0.3, -0.25) is 9.69 Å². The number of nitrogens with one attached hydrogen (secondary N) is 1. The monoisotopic (exact) mass is 417 g/mol. The molecule has 0 spiro atoms. The highest BCUT2D eigenvalue weighted by Gasteiger charge is 2.26. The van der Waals surface area contributed by atoms with Gasteiger partial charge in [0.05, 0.1) is 11.4 Å². The first-order chi connectivity index (χ1) is 13.2. The molecule has 9 heteroatoms. The van der Waals surface area contributed by atoms with Crippen LogP contribution in [-0.2, 0) is 10.0 Å². The largest absolute Gasteiger partial charge is 0.349 e. The Balaban J connectivity index is 2.09. The number of carbonyl (C=O) groups excluding carboxylic acids is 1. The molecular weight excluding hydrogens is 388 g/mol. The third-order valence-electron chi connectivity index (χ3n) is 5.09. The first kappa shape index (κ1) is 22.7. The van der Waals surface area contributed by atoms with Gasteiger partial charge in [-0.1, -0.05) is 19.9 Å². The molecule has 0 saturated carbocycles. The summed E-state index contributed by atoms with van der Waals surface area (Å²) in [5.74, 6) is -0.344. The number of halogens is 2. The molecule has 0 aromatic heterocycles. The van der Waals surface area contributed by atoms with E-state index in [1.54, 1.807) is 37.8 Å². The quantitative estimate of drug-likeness (QED) is 0.706. The van der Waals surface area contributed by atoms with Crippen molar-refractivity contribution in [2.75, 3.05) is 32.7 Å². The predicted octanol–water partition coefficient (Wildman–Crippen LogP) is 2.48. The third kappa shape index (κ3) is 5.48. The normalized spacial score (nSPS) is 16.7. The number of sulfonamides is 1. The Hall–Kier alpha value is -1.58. The van der Waals surface area contributed by atoms with E-state index in [2.05, 4.69) is 5.32 Å². The summed E-state index contributed by atoms with van der Waals surface area (Å²) in [6.45, 7) is 6.72. The SMILES string of the molecule is CCN(CC)S(=O)(=O)c1cc(C(=O)NC2CCN(CC(F)F)CC2)ccc1C. The lowest BCUT2D eigenvalue weighted by atomic mass is 10.0. The number of nitrogens with zero attached hydrogens (tertiary/aromatic N) is 2. The average Bonchev–Trinajstić information content (AvgIpc) is 2.63. The van der Waals surface area contributed by atoms with Crippen molar-refractivity contribution >= 4 is 15.9 Å². The zero-order valence-electron chi connectivity index (χ0n) is 16.6. The van der Waals surface area contributed by atoms with Crippen molar-refractivity contribution < 1.29 is 22.0 Å². The number of alkyl halides is 2. The number of aryl methyl sites for hydroxylation is 1. The van der Waals surface area contributed by atoms with E-state index in [1.807, 2.05) is 0 Å². The van der Waals surface area contributed by atoms with Crippen molar-refractivity contribution in [2.45, 2.75) is 51.0 Å². The summed E-state index contributed by atoms with van der Waals surface area (Å²) in [5.41, 5.74) is 0.870. The van der Waals surface area contributed by atoms with Gasteiger partial charge in [-0.25, -0.2) is 17.2 Å². The summed E-state index contributed by atoms with van der Waals surface area (Å²) < 4.78 is 51.9. The molecule has 0 aliphatic carbocycles. The molecule has 1 aliphatic heterocycles. The maximum Gasteiger partial charge on any atom is 0.251 e. The average molecular weight is 418 g/mol. The highest BCUT2D eigenvalue weighted by atomic mass is 32.2. The lowest BCUT2D eigenvalue weighted by Gasteiger charge is -2.32.